The maximum Gasteiger partial charge on any atom is 0.204 e. The number of nitrogens with zero attached hydrogens (tertiary/aromatic N) is 1. The Morgan fingerprint density at radius 3 is 2.89 bits per heavy atom. The zero-order chi connectivity index (χ0) is 12.4. The second-order valence-corrected chi connectivity index (χ2v) is 4.18. The van der Waals surface area contributed by atoms with Crippen molar-refractivity contribution in [3.05, 3.63) is 42.1 Å². The fourth-order valence-corrected chi connectivity index (χ4v) is 1.83. The van der Waals surface area contributed by atoms with Gasteiger partial charge >= 0.3 is 0 Å². The predicted molar refractivity (Wildman–Crippen MR) is 69.5 cm³/mol. The van der Waals surface area contributed by atoms with E-state index >= 15 is 0 Å². The summed E-state index contributed by atoms with van der Waals surface area (Å²) in [6.07, 6.45) is 1.71. The van der Waals surface area contributed by atoms with E-state index in [-0.39, 0.29) is 0 Å². The lowest BCUT2D eigenvalue weighted by atomic mass is 10.2. The van der Waals surface area contributed by atoms with Crippen molar-refractivity contribution >= 4 is 5.82 Å². The van der Waals surface area contributed by atoms with Crippen molar-refractivity contribution in [3.63, 3.8) is 0 Å². The van der Waals surface area contributed by atoms with Crippen LogP contribution in [0.4, 0.5) is 5.82 Å². The fraction of sp³-hybridized carbons (Fsp3) is 0.214. The molecule has 0 atom stereocenters. The van der Waals surface area contributed by atoms with E-state index in [1.54, 1.807) is 6.20 Å². The molecule has 2 aromatic rings. The lowest BCUT2D eigenvalue weighted by molar-refractivity contribution is 0.304. The third-order valence-corrected chi connectivity index (χ3v) is 2.76. The smallest absolute Gasteiger partial charge is 0.204 e. The highest BCUT2D eigenvalue weighted by atomic mass is 16.5. The zero-order valence-electron chi connectivity index (χ0n) is 10.1. The van der Waals surface area contributed by atoms with Crippen LogP contribution in [0.5, 0.6) is 17.2 Å². The molecule has 0 saturated carbocycles. The van der Waals surface area contributed by atoms with E-state index in [1.807, 2.05) is 37.3 Å². The van der Waals surface area contributed by atoms with Crippen LogP contribution in [0.3, 0.4) is 0 Å². The number of anilines is 1. The molecule has 1 aromatic carbocycles. The number of rotatable bonds is 2. The molecule has 3 rings (SSSR count). The van der Waals surface area contributed by atoms with Crippen LogP contribution >= 0.6 is 0 Å². The van der Waals surface area contributed by atoms with E-state index < -0.39 is 0 Å². The summed E-state index contributed by atoms with van der Waals surface area (Å²) in [6, 6.07) is 9.73. The standard InChI is InChI=1S/C14H14N2O2/c1-10-2-4-11(5-3-10)18-12-6-7-15-14-13(12)17-9-8-16-14/h2-7H,8-9H2,1H3,(H,15,16). The first-order chi connectivity index (χ1) is 8.83. The minimum atomic E-state index is 0.628. The minimum absolute atomic E-state index is 0.628. The van der Waals surface area contributed by atoms with Crippen molar-refractivity contribution in [3.8, 4) is 17.2 Å². The van der Waals surface area contributed by atoms with Crippen molar-refractivity contribution < 1.29 is 9.47 Å². The molecule has 92 valence electrons. The number of ether oxygens (including phenoxy) is 2. The summed E-state index contributed by atoms with van der Waals surface area (Å²) in [5.41, 5.74) is 1.21. The molecule has 0 fully saturated rings. The molecule has 1 aliphatic heterocycles. The van der Waals surface area contributed by atoms with Gasteiger partial charge in [-0.3, -0.25) is 0 Å². The molecule has 4 heteroatoms. The number of aryl methyl sites for hydroxylation is 1. The van der Waals surface area contributed by atoms with Gasteiger partial charge in [-0.05, 0) is 19.1 Å². The maximum absolute atomic E-state index is 5.83. The van der Waals surface area contributed by atoms with Gasteiger partial charge in [0, 0.05) is 12.3 Å². The molecule has 2 heterocycles. The lowest BCUT2D eigenvalue weighted by Crippen LogP contribution is -2.19. The van der Waals surface area contributed by atoms with Crippen LogP contribution in [-0.4, -0.2) is 18.1 Å². The molecule has 18 heavy (non-hydrogen) atoms. The molecule has 0 radical (unpaired) electrons. The average Bonchev–Trinajstić information content (AvgIpc) is 2.42. The van der Waals surface area contributed by atoms with Crippen LogP contribution in [0.25, 0.3) is 0 Å². The van der Waals surface area contributed by atoms with Gasteiger partial charge in [-0.15, -0.1) is 0 Å². The van der Waals surface area contributed by atoms with Crippen molar-refractivity contribution in [2.75, 3.05) is 18.5 Å². The largest absolute Gasteiger partial charge is 0.485 e. The summed E-state index contributed by atoms with van der Waals surface area (Å²) in [5, 5.41) is 3.18. The van der Waals surface area contributed by atoms with E-state index in [4.69, 9.17) is 9.47 Å². The maximum atomic E-state index is 5.83. The molecular weight excluding hydrogens is 228 g/mol. The van der Waals surface area contributed by atoms with E-state index in [1.165, 1.54) is 5.56 Å². The zero-order valence-corrected chi connectivity index (χ0v) is 10.1. The second-order valence-electron chi connectivity index (χ2n) is 4.18. The van der Waals surface area contributed by atoms with Crippen molar-refractivity contribution in [1.82, 2.24) is 4.98 Å². The minimum Gasteiger partial charge on any atom is -0.485 e. The van der Waals surface area contributed by atoms with Crippen LogP contribution in [-0.2, 0) is 0 Å². The molecule has 1 aromatic heterocycles. The first-order valence-electron chi connectivity index (χ1n) is 5.93. The van der Waals surface area contributed by atoms with Crippen LogP contribution in [0.15, 0.2) is 36.5 Å². The molecule has 0 unspecified atom stereocenters. The van der Waals surface area contributed by atoms with Crippen LogP contribution in [0.2, 0.25) is 0 Å². The average molecular weight is 242 g/mol. The van der Waals surface area contributed by atoms with E-state index in [9.17, 15) is 0 Å². The molecule has 1 aliphatic rings. The second kappa shape index (κ2) is 4.56. The van der Waals surface area contributed by atoms with Gasteiger partial charge in [0.1, 0.15) is 12.4 Å². The van der Waals surface area contributed by atoms with Gasteiger partial charge in [-0.25, -0.2) is 4.98 Å². The van der Waals surface area contributed by atoms with Gasteiger partial charge in [0.2, 0.25) is 5.75 Å². The summed E-state index contributed by atoms with van der Waals surface area (Å²) in [4.78, 5) is 4.22. The third kappa shape index (κ3) is 2.09. The SMILES string of the molecule is Cc1ccc(Oc2ccnc3c2OCCN3)cc1. The first kappa shape index (κ1) is 10.9. The van der Waals surface area contributed by atoms with Gasteiger partial charge in [-0.2, -0.15) is 0 Å². The topological polar surface area (TPSA) is 43.4 Å². The summed E-state index contributed by atoms with van der Waals surface area (Å²) < 4.78 is 11.4. The van der Waals surface area contributed by atoms with Crippen LogP contribution in [0.1, 0.15) is 5.56 Å². The van der Waals surface area contributed by atoms with Gasteiger partial charge in [0.05, 0.1) is 6.54 Å². The Morgan fingerprint density at radius 1 is 1.22 bits per heavy atom. The number of hydrogen-bond acceptors (Lipinski definition) is 4. The van der Waals surface area contributed by atoms with Crippen molar-refractivity contribution in [2.45, 2.75) is 6.92 Å². The quantitative estimate of drug-likeness (QED) is 0.879. The van der Waals surface area contributed by atoms with Crippen molar-refractivity contribution in [2.24, 2.45) is 0 Å². The molecule has 0 bridgehead atoms. The molecular formula is C14H14N2O2. The highest BCUT2D eigenvalue weighted by Gasteiger charge is 2.16. The highest BCUT2D eigenvalue weighted by molar-refractivity contribution is 5.59. The first-order valence-corrected chi connectivity index (χ1v) is 5.93. The lowest BCUT2D eigenvalue weighted by Gasteiger charge is -2.20. The Morgan fingerprint density at radius 2 is 2.06 bits per heavy atom. The molecule has 1 N–H and O–H groups in total. The van der Waals surface area contributed by atoms with E-state index in [2.05, 4.69) is 10.3 Å². The Kier molecular flexibility index (Phi) is 2.76. The number of hydrogen-bond donors (Lipinski definition) is 1. The Bertz CT molecular complexity index is 552. The van der Waals surface area contributed by atoms with Crippen LogP contribution < -0.4 is 14.8 Å². The molecule has 0 saturated heterocycles. The summed E-state index contributed by atoms with van der Waals surface area (Å²) in [6.45, 7) is 3.45. The molecule has 0 spiro atoms. The Hall–Kier alpha value is -2.23. The number of nitrogens with one attached hydrogen (secondary N) is 1. The monoisotopic (exact) mass is 242 g/mol. The Labute approximate surface area is 106 Å². The normalized spacial score (nSPS) is 13.2. The van der Waals surface area contributed by atoms with E-state index in [0.717, 1.165) is 18.1 Å². The van der Waals surface area contributed by atoms with Crippen molar-refractivity contribution in [1.29, 1.82) is 0 Å². The number of pyridine rings is 1. The summed E-state index contributed by atoms with van der Waals surface area (Å²) in [7, 11) is 0. The van der Waals surface area contributed by atoms with Gasteiger partial charge in [0.25, 0.3) is 0 Å². The van der Waals surface area contributed by atoms with Gasteiger partial charge < -0.3 is 14.8 Å². The number of fused-ring (bicyclic) bond motifs is 1. The van der Waals surface area contributed by atoms with Gasteiger partial charge in [0.15, 0.2) is 11.6 Å². The number of aromatic nitrogens is 1. The third-order valence-electron chi connectivity index (χ3n) is 2.76. The van der Waals surface area contributed by atoms with E-state index in [0.29, 0.717) is 18.1 Å². The number of benzene rings is 1. The summed E-state index contributed by atoms with van der Waals surface area (Å²) in [5.74, 6) is 2.91. The molecule has 0 aliphatic carbocycles. The fourth-order valence-electron chi connectivity index (χ4n) is 1.83. The summed E-state index contributed by atoms with van der Waals surface area (Å²) >= 11 is 0. The van der Waals surface area contributed by atoms with Crippen LogP contribution in [0, 0.1) is 6.92 Å². The predicted octanol–water partition coefficient (Wildman–Crippen LogP) is 2.99. The Balaban J connectivity index is 1.90. The molecule has 4 nitrogen and oxygen atoms in total. The highest BCUT2D eigenvalue weighted by Crippen LogP contribution is 2.37. The molecule has 0 amide bonds. The van der Waals surface area contributed by atoms with Gasteiger partial charge in [-0.1, -0.05) is 17.7 Å².